The number of benzene rings is 3. The summed E-state index contributed by atoms with van der Waals surface area (Å²) in [5.74, 6) is 0.913. The lowest BCUT2D eigenvalue weighted by Gasteiger charge is -2.29. The van der Waals surface area contributed by atoms with Gasteiger partial charge in [-0.2, -0.15) is 0 Å². The molecule has 4 nitrogen and oxygen atoms in total. The normalized spacial score (nSPS) is 13.5. The van der Waals surface area contributed by atoms with Gasteiger partial charge in [0.25, 0.3) is 0 Å². The van der Waals surface area contributed by atoms with Crippen LogP contribution in [0.15, 0.2) is 77.3 Å². The Morgan fingerprint density at radius 3 is 2.59 bits per heavy atom. The Balaban J connectivity index is 1.56. The highest BCUT2D eigenvalue weighted by Crippen LogP contribution is 2.29. The first-order chi connectivity index (χ1) is 14.2. The van der Waals surface area contributed by atoms with Crippen LogP contribution >= 0.6 is 15.9 Å². The molecule has 5 rings (SSSR count). The number of hydrogen-bond acceptors (Lipinski definition) is 2. The van der Waals surface area contributed by atoms with Crippen molar-refractivity contribution in [1.82, 2.24) is 9.55 Å². The summed E-state index contributed by atoms with van der Waals surface area (Å²) in [4.78, 5) is 20.1. The number of aromatic nitrogens is 2. The Labute approximate surface area is 177 Å². The van der Waals surface area contributed by atoms with Crippen molar-refractivity contribution in [3.63, 3.8) is 0 Å². The Kier molecular flexibility index (Phi) is 4.68. The maximum absolute atomic E-state index is 13.4. The van der Waals surface area contributed by atoms with E-state index in [2.05, 4.69) is 22.0 Å². The van der Waals surface area contributed by atoms with E-state index in [9.17, 15) is 4.79 Å². The van der Waals surface area contributed by atoms with Gasteiger partial charge in [-0.1, -0.05) is 58.4 Å². The quantitative estimate of drug-likeness (QED) is 0.420. The van der Waals surface area contributed by atoms with Crippen molar-refractivity contribution < 1.29 is 4.79 Å². The second kappa shape index (κ2) is 7.48. The molecular formula is C24H20BrN3O. The standard InChI is InChI=1S/C24H20BrN3O/c25-19-13-11-18(12-14-19)24-26-20-8-2-4-10-22(20)28(24)16-23(29)27-15-5-7-17-6-1-3-9-21(17)27/h1-4,6,8-14H,5,7,15-16H2. The van der Waals surface area contributed by atoms with Crippen LogP contribution in [0.4, 0.5) is 5.69 Å². The summed E-state index contributed by atoms with van der Waals surface area (Å²) < 4.78 is 3.06. The van der Waals surface area contributed by atoms with Gasteiger partial charge >= 0.3 is 0 Å². The second-order valence-corrected chi connectivity index (χ2v) is 8.21. The molecule has 5 heteroatoms. The number of rotatable bonds is 3. The highest BCUT2D eigenvalue weighted by molar-refractivity contribution is 9.10. The van der Waals surface area contributed by atoms with Crippen molar-refractivity contribution in [2.24, 2.45) is 0 Å². The van der Waals surface area contributed by atoms with Gasteiger partial charge in [-0.25, -0.2) is 4.98 Å². The summed E-state index contributed by atoms with van der Waals surface area (Å²) in [5, 5.41) is 0. The second-order valence-electron chi connectivity index (χ2n) is 7.29. The molecule has 144 valence electrons. The maximum Gasteiger partial charge on any atom is 0.247 e. The number of para-hydroxylation sites is 3. The zero-order valence-electron chi connectivity index (χ0n) is 15.9. The summed E-state index contributed by atoms with van der Waals surface area (Å²) in [7, 11) is 0. The molecule has 4 aromatic rings. The number of aryl methyl sites for hydroxylation is 1. The first kappa shape index (κ1) is 18.1. The van der Waals surface area contributed by atoms with Gasteiger partial charge in [0.1, 0.15) is 12.4 Å². The summed E-state index contributed by atoms with van der Waals surface area (Å²) in [6, 6.07) is 24.3. The SMILES string of the molecule is O=C(Cn1c(-c2ccc(Br)cc2)nc2ccccc21)N1CCCc2ccccc21. The van der Waals surface area contributed by atoms with Crippen LogP contribution in [0, 0.1) is 0 Å². The molecule has 1 amide bonds. The van der Waals surface area contributed by atoms with E-state index in [0.717, 1.165) is 52.0 Å². The molecule has 0 spiro atoms. The van der Waals surface area contributed by atoms with Gasteiger partial charge in [0, 0.05) is 22.3 Å². The Bertz CT molecular complexity index is 1200. The molecule has 0 saturated heterocycles. The largest absolute Gasteiger partial charge is 0.314 e. The van der Waals surface area contributed by atoms with Gasteiger partial charge in [0.05, 0.1) is 11.0 Å². The number of anilines is 1. The van der Waals surface area contributed by atoms with Crippen molar-refractivity contribution in [1.29, 1.82) is 0 Å². The van der Waals surface area contributed by atoms with Gasteiger partial charge in [0.15, 0.2) is 0 Å². The molecule has 1 aromatic heterocycles. The molecule has 0 N–H and O–H groups in total. The molecule has 0 fully saturated rings. The molecule has 0 atom stereocenters. The number of hydrogen-bond donors (Lipinski definition) is 0. The van der Waals surface area contributed by atoms with Gasteiger partial charge in [0.2, 0.25) is 5.91 Å². The first-order valence-electron chi connectivity index (χ1n) is 9.80. The smallest absolute Gasteiger partial charge is 0.247 e. The predicted molar refractivity (Wildman–Crippen MR) is 120 cm³/mol. The van der Waals surface area contributed by atoms with E-state index in [1.807, 2.05) is 76.2 Å². The Hall–Kier alpha value is -2.92. The third-order valence-electron chi connectivity index (χ3n) is 5.46. The van der Waals surface area contributed by atoms with Gasteiger partial charge < -0.3 is 9.47 Å². The number of fused-ring (bicyclic) bond motifs is 2. The van der Waals surface area contributed by atoms with E-state index in [-0.39, 0.29) is 12.5 Å². The monoisotopic (exact) mass is 445 g/mol. The topological polar surface area (TPSA) is 38.1 Å². The lowest BCUT2D eigenvalue weighted by atomic mass is 10.0. The van der Waals surface area contributed by atoms with Crippen molar-refractivity contribution in [2.45, 2.75) is 19.4 Å². The highest BCUT2D eigenvalue weighted by atomic mass is 79.9. The minimum Gasteiger partial charge on any atom is -0.314 e. The number of amides is 1. The van der Waals surface area contributed by atoms with E-state index in [4.69, 9.17) is 4.98 Å². The molecule has 0 saturated carbocycles. The van der Waals surface area contributed by atoms with E-state index >= 15 is 0 Å². The van der Waals surface area contributed by atoms with Crippen LogP contribution in [0.3, 0.4) is 0 Å². The molecule has 1 aliphatic rings. The van der Waals surface area contributed by atoms with Gasteiger partial charge in [-0.15, -0.1) is 0 Å². The van der Waals surface area contributed by atoms with Crippen LogP contribution in [-0.2, 0) is 17.8 Å². The molecule has 3 aromatic carbocycles. The minimum absolute atomic E-state index is 0.0960. The highest BCUT2D eigenvalue weighted by Gasteiger charge is 2.24. The molecule has 0 unspecified atom stereocenters. The van der Waals surface area contributed by atoms with E-state index < -0.39 is 0 Å². The van der Waals surface area contributed by atoms with Crippen molar-refractivity contribution in [3.8, 4) is 11.4 Å². The summed E-state index contributed by atoms with van der Waals surface area (Å²) >= 11 is 3.49. The molecule has 0 bridgehead atoms. The average Bonchev–Trinajstić information content (AvgIpc) is 3.12. The Morgan fingerprint density at radius 1 is 0.966 bits per heavy atom. The van der Waals surface area contributed by atoms with Crippen LogP contribution in [0.25, 0.3) is 22.4 Å². The third kappa shape index (κ3) is 3.36. The van der Waals surface area contributed by atoms with Crippen LogP contribution in [0.5, 0.6) is 0 Å². The van der Waals surface area contributed by atoms with E-state index in [1.165, 1.54) is 5.56 Å². The number of halogens is 1. The minimum atomic E-state index is 0.0960. The molecule has 1 aliphatic heterocycles. The van der Waals surface area contributed by atoms with Crippen molar-refractivity contribution in [3.05, 3.63) is 82.8 Å². The molecule has 0 radical (unpaired) electrons. The summed E-state index contributed by atoms with van der Waals surface area (Å²) in [5.41, 5.74) is 5.16. The summed E-state index contributed by atoms with van der Waals surface area (Å²) in [6.45, 7) is 1.02. The number of imidazole rings is 1. The van der Waals surface area contributed by atoms with Crippen LogP contribution in [0.1, 0.15) is 12.0 Å². The Morgan fingerprint density at radius 2 is 1.72 bits per heavy atom. The van der Waals surface area contributed by atoms with Crippen molar-refractivity contribution >= 4 is 38.6 Å². The molecule has 2 heterocycles. The lowest BCUT2D eigenvalue weighted by molar-refractivity contribution is -0.119. The van der Waals surface area contributed by atoms with Crippen molar-refractivity contribution in [2.75, 3.05) is 11.4 Å². The zero-order chi connectivity index (χ0) is 19.8. The average molecular weight is 446 g/mol. The van der Waals surface area contributed by atoms with Crippen LogP contribution in [-0.4, -0.2) is 22.0 Å². The van der Waals surface area contributed by atoms with Gasteiger partial charge in [-0.05, 0) is 48.7 Å². The third-order valence-corrected chi connectivity index (χ3v) is 5.99. The molecular weight excluding hydrogens is 426 g/mol. The zero-order valence-corrected chi connectivity index (χ0v) is 17.5. The van der Waals surface area contributed by atoms with Crippen LogP contribution < -0.4 is 4.90 Å². The summed E-state index contributed by atoms with van der Waals surface area (Å²) in [6.07, 6.45) is 2.02. The van der Waals surface area contributed by atoms with Gasteiger partial charge in [-0.3, -0.25) is 4.79 Å². The number of carbonyl (C=O) groups is 1. The van der Waals surface area contributed by atoms with E-state index in [0.29, 0.717) is 0 Å². The first-order valence-corrected chi connectivity index (χ1v) is 10.6. The number of nitrogens with zero attached hydrogens (tertiary/aromatic N) is 3. The van der Waals surface area contributed by atoms with E-state index in [1.54, 1.807) is 0 Å². The van der Waals surface area contributed by atoms with Crippen LogP contribution in [0.2, 0.25) is 0 Å². The fraction of sp³-hybridized carbons (Fsp3) is 0.167. The predicted octanol–water partition coefficient (Wildman–Crippen LogP) is 5.45. The maximum atomic E-state index is 13.4. The lowest BCUT2D eigenvalue weighted by Crippen LogP contribution is -2.37. The fourth-order valence-corrected chi connectivity index (χ4v) is 4.33. The fourth-order valence-electron chi connectivity index (χ4n) is 4.07. The number of carbonyl (C=O) groups excluding carboxylic acids is 1. The molecule has 29 heavy (non-hydrogen) atoms. The molecule has 0 aliphatic carbocycles.